The van der Waals surface area contributed by atoms with E-state index >= 15 is 0 Å². The highest BCUT2D eigenvalue weighted by Gasteiger charge is 2.26. The Morgan fingerprint density at radius 2 is 1.81 bits per heavy atom. The SMILES string of the molecule is Cc1cccc([C@H]2CCCN2Cc2ccc(C)cc2C)c1. The summed E-state index contributed by atoms with van der Waals surface area (Å²) in [6, 6.07) is 16.4. The highest BCUT2D eigenvalue weighted by Crippen LogP contribution is 2.33. The summed E-state index contributed by atoms with van der Waals surface area (Å²) >= 11 is 0. The molecule has 1 aliphatic rings. The van der Waals surface area contributed by atoms with Crippen LogP contribution in [0.1, 0.15) is 46.7 Å². The van der Waals surface area contributed by atoms with Crippen LogP contribution in [0, 0.1) is 20.8 Å². The number of nitrogens with zero attached hydrogens (tertiary/aromatic N) is 1. The number of hydrogen-bond acceptors (Lipinski definition) is 1. The van der Waals surface area contributed by atoms with E-state index < -0.39 is 0 Å². The van der Waals surface area contributed by atoms with Crippen molar-refractivity contribution in [3.8, 4) is 0 Å². The van der Waals surface area contributed by atoms with E-state index in [1.54, 1.807) is 0 Å². The maximum absolute atomic E-state index is 2.65. The van der Waals surface area contributed by atoms with Crippen molar-refractivity contribution in [2.75, 3.05) is 6.54 Å². The largest absolute Gasteiger partial charge is 0.292 e. The molecule has 3 rings (SSSR count). The predicted octanol–water partition coefficient (Wildman–Crippen LogP) is 4.95. The summed E-state index contributed by atoms with van der Waals surface area (Å²) in [7, 11) is 0. The average molecular weight is 279 g/mol. The zero-order chi connectivity index (χ0) is 14.8. The zero-order valence-corrected chi connectivity index (χ0v) is 13.4. The van der Waals surface area contributed by atoms with Crippen LogP contribution in [-0.2, 0) is 6.54 Å². The fourth-order valence-corrected chi connectivity index (χ4v) is 3.51. The molecule has 1 saturated heterocycles. The monoisotopic (exact) mass is 279 g/mol. The Balaban J connectivity index is 1.81. The van der Waals surface area contributed by atoms with Crippen molar-refractivity contribution in [2.24, 2.45) is 0 Å². The van der Waals surface area contributed by atoms with Gasteiger partial charge in [0, 0.05) is 12.6 Å². The van der Waals surface area contributed by atoms with E-state index in [1.165, 1.54) is 47.2 Å². The van der Waals surface area contributed by atoms with Crippen LogP contribution in [0.4, 0.5) is 0 Å². The molecular weight excluding hydrogens is 254 g/mol. The van der Waals surface area contributed by atoms with Crippen LogP contribution < -0.4 is 0 Å². The lowest BCUT2D eigenvalue weighted by atomic mass is 10.0. The summed E-state index contributed by atoms with van der Waals surface area (Å²) in [5.74, 6) is 0. The molecule has 0 unspecified atom stereocenters. The molecule has 0 radical (unpaired) electrons. The molecule has 1 nitrogen and oxygen atoms in total. The fourth-order valence-electron chi connectivity index (χ4n) is 3.51. The molecule has 0 aliphatic carbocycles. The highest BCUT2D eigenvalue weighted by atomic mass is 15.2. The molecule has 0 aromatic heterocycles. The molecule has 2 aromatic carbocycles. The molecule has 0 saturated carbocycles. The first-order chi connectivity index (χ1) is 10.1. The summed E-state index contributed by atoms with van der Waals surface area (Å²) in [4.78, 5) is 2.65. The van der Waals surface area contributed by atoms with E-state index in [1.807, 2.05) is 0 Å². The Morgan fingerprint density at radius 3 is 2.57 bits per heavy atom. The van der Waals surface area contributed by atoms with Crippen LogP contribution in [0.5, 0.6) is 0 Å². The topological polar surface area (TPSA) is 3.24 Å². The van der Waals surface area contributed by atoms with Crippen molar-refractivity contribution in [1.82, 2.24) is 4.90 Å². The molecule has 1 fully saturated rings. The van der Waals surface area contributed by atoms with Gasteiger partial charge in [-0.05, 0) is 56.8 Å². The molecule has 0 amide bonds. The van der Waals surface area contributed by atoms with Gasteiger partial charge < -0.3 is 0 Å². The quantitative estimate of drug-likeness (QED) is 0.768. The van der Waals surface area contributed by atoms with Crippen molar-refractivity contribution in [3.63, 3.8) is 0 Å². The smallest absolute Gasteiger partial charge is 0.0352 e. The predicted molar refractivity (Wildman–Crippen MR) is 89.5 cm³/mol. The van der Waals surface area contributed by atoms with Gasteiger partial charge in [0.25, 0.3) is 0 Å². The number of hydrogen-bond donors (Lipinski definition) is 0. The minimum atomic E-state index is 0.589. The molecule has 1 heterocycles. The van der Waals surface area contributed by atoms with E-state index in [0.717, 1.165) is 6.54 Å². The Morgan fingerprint density at radius 1 is 1.00 bits per heavy atom. The minimum Gasteiger partial charge on any atom is -0.292 e. The fraction of sp³-hybridized carbons (Fsp3) is 0.400. The maximum Gasteiger partial charge on any atom is 0.0352 e. The average Bonchev–Trinajstić information content (AvgIpc) is 2.90. The van der Waals surface area contributed by atoms with E-state index in [-0.39, 0.29) is 0 Å². The molecule has 1 aliphatic heterocycles. The van der Waals surface area contributed by atoms with Crippen molar-refractivity contribution < 1.29 is 0 Å². The van der Waals surface area contributed by atoms with Gasteiger partial charge in [-0.1, -0.05) is 53.6 Å². The van der Waals surface area contributed by atoms with Gasteiger partial charge in [0.05, 0.1) is 0 Å². The Hall–Kier alpha value is -1.60. The van der Waals surface area contributed by atoms with Crippen LogP contribution >= 0.6 is 0 Å². The molecular formula is C20H25N. The van der Waals surface area contributed by atoms with E-state index in [2.05, 4.69) is 68.1 Å². The van der Waals surface area contributed by atoms with Crippen molar-refractivity contribution in [3.05, 3.63) is 70.3 Å². The van der Waals surface area contributed by atoms with Crippen LogP contribution in [0.25, 0.3) is 0 Å². The van der Waals surface area contributed by atoms with Gasteiger partial charge in [0.15, 0.2) is 0 Å². The second-order valence-corrected chi connectivity index (χ2v) is 6.47. The third-order valence-electron chi connectivity index (χ3n) is 4.66. The first-order valence-corrected chi connectivity index (χ1v) is 8.00. The second kappa shape index (κ2) is 6.03. The summed E-state index contributed by atoms with van der Waals surface area (Å²) in [6.45, 7) is 8.88. The van der Waals surface area contributed by atoms with Gasteiger partial charge in [-0.2, -0.15) is 0 Å². The summed E-state index contributed by atoms with van der Waals surface area (Å²) in [6.07, 6.45) is 2.60. The van der Waals surface area contributed by atoms with Gasteiger partial charge in [0.1, 0.15) is 0 Å². The Bertz CT molecular complexity index is 629. The summed E-state index contributed by atoms with van der Waals surface area (Å²) < 4.78 is 0. The van der Waals surface area contributed by atoms with Crippen LogP contribution in [-0.4, -0.2) is 11.4 Å². The normalized spacial score (nSPS) is 19.1. The van der Waals surface area contributed by atoms with Crippen molar-refractivity contribution >= 4 is 0 Å². The number of aryl methyl sites for hydroxylation is 3. The van der Waals surface area contributed by atoms with Crippen molar-refractivity contribution in [1.29, 1.82) is 0 Å². The lowest BCUT2D eigenvalue weighted by Gasteiger charge is -2.26. The zero-order valence-electron chi connectivity index (χ0n) is 13.4. The first-order valence-electron chi connectivity index (χ1n) is 8.00. The number of rotatable bonds is 3. The molecule has 0 bridgehead atoms. The van der Waals surface area contributed by atoms with Crippen LogP contribution in [0.3, 0.4) is 0 Å². The highest BCUT2D eigenvalue weighted by molar-refractivity contribution is 5.31. The minimum absolute atomic E-state index is 0.589. The number of benzene rings is 2. The molecule has 110 valence electrons. The molecule has 21 heavy (non-hydrogen) atoms. The van der Waals surface area contributed by atoms with Gasteiger partial charge >= 0.3 is 0 Å². The first kappa shape index (κ1) is 14.3. The maximum atomic E-state index is 2.65. The third-order valence-corrected chi connectivity index (χ3v) is 4.66. The van der Waals surface area contributed by atoms with Crippen molar-refractivity contribution in [2.45, 2.75) is 46.2 Å². The summed E-state index contributed by atoms with van der Waals surface area (Å²) in [5, 5.41) is 0. The third kappa shape index (κ3) is 3.19. The molecule has 0 spiro atoms. The molecule has 2 aromatic rings. The van der Waals surface area contributed by atoms with E-state index in [4.69, 9.17) is 0 Å². The van der Waals surface area contributed by atoms with Gasteiger partial charge in [-0.15, -0.1) is 0 Å². The lowest BCUT2D eigenvalue weighted by molar-refractivity contribution is 0.248. The van der Waals surface area contributed by atoms with Crippen LogP contribution in [0.15, 0.2) is 42.5 Å². The molecule has 1 heteroatoms. The van der Waals surface area contributed by atoms with Crippen LogP contribution in [0.2, 0.25) is 0 Å². The lowest BCUT2D eigenvalue weighted by Crippen LogP contribution is -2.23. The second-order valence-electron chi connectivity index (χ2n) is 6.47. The number of likely N-dealkylation sites (tertiary alicyclic amines) is 1. The summed E-state index contributed by atoms with van der Waals surface area (Å²) in [5.41, 5.74) is 7.10. The van der Waals surface area contributed by atoms with Gasteiger partial charge in [-0.3, -0.25) is 4.90 Å². The standard InChI is InChI=1S/C20H25N/c1-15-6-4-7-18(13-15)20-8-5-11-21(20)14-19-10-9-16(2)12-17(19)3/h4,6-7,9-10,12-13,20H,5,8,11,14H2,1-3H3/t20-/m1/s1. The Labute approximate surface area is 128 Å². The van der Waals surface area contributed by atoms with E-state index in [0.29, 0.717) is 6.04 Å². The van der Waals surface area contributed by atoms with E-state index in [9.17, 15) is 0 Å². The molecule has 1 atom stereocenters. The van der Waals surface area contributed by atoms with Gasteiger partial charge in [-0.25, -0.2) is 0 Å². The molecule has 0 N–H and O–H groups in total. The van der Waals surface area contributed by atoms with Gasteiger partial charge in [0.2, 0.25) is 0 Å². The Kier molecular flexibility index (Phi) is 4.12.